The topological polar surface area (TPSA) is 122 Å². The molecule has 1 aliphatic carbocycles. The maximum Gasteiger partial charge on any atom is 0.277 e. The number of alkyl halides is 1. The molecule has 1 saturated heterocycles. The van der Waals surface area contributed by atoms with Crippen LogP contribution < -0.4 is 14.8 Å². The molecule has 29 heavy (non-hydrogen) atoms. The van der Waals surface area contributed by atoms with Crippen LogP contribution >= 0.6 is 0 Å². The van der Waals surface area contributed by atoms with Gasteiger partial charge in [0.05, 0.1) is 31.1 Å². The number of aliphatic hydroxyl groups excluding tert-OH is 1. The van der Waals surface area contributed by atoms with E-state index in [0.717, 1.165) is 9.99 Å². The molecule has 0 bridgehead atoms. The number of nitrogens with zero attached hydrogens (tertiary/aromatic N) is 4. The van der Waals surface area contributed by atoms with Crippen molar-refractivity contribution in [2.45, 2.75) is 25.2 Å². The van der Waals surface area contributed by atoms with Gasteiger partial charge in [-0.25, -0.2) is 13.9 Å². The monoisotopic (exact) mass is 429 g/mol. The van der Waals surface area contributed by atoms with Crippen molar-refractivity contribution < 1.29 is 27.0 Å². The van der Waals surface area contributed by atoms with Crippen molar-refractivity contribution in [3.8, 4) is 5.75 Å². The van der Waals surface area contributed by atoms with Crippen molar-refractivity contribution >= 4 is 26.8 Å². The highest BCUT2D eigenvalue weighted by atomic mass is 32.2. The molecule has 0 amide bonds. The molecule has 1 aromatic heterocycles. The predicted octanol–water partition coefficient (Wildman–Crippen LogP) is 0.540. The Morgan fingerprint density at radius 3 is 2.72 bits per heavy atom. The van der Waals surface area contributed by atoms with Crippen LogP contribution in [0.5, 0.6) is 5.75 Å². The third-order valence-corrected chi connectivity index (χ3v) is 6.79. The highest BCUT2D eigenvalue weighted by Gasteiger charge is 2.55. The van der Waals surface area contributed by atoms with E-state index >= 15 is 0 Å². The number of benzene rings is 1. The summed E-state index contributed by atoms with van der Waals surface area (Å²) >= 11 is 0. The number of hydrogen-bond acceptors (Lipinski definition) is 7. The molecule has 2 aromatic rings. The summed E-state index contributed by atoms with van der Waals surface area (Å²) in [6.45, 7) is 0.562. The Morgan fingerprint density at radius 1 is 1.45 bits per heavy atom. The zero-order valence-electron chi connectivity index (χ0n) is 15.6. The van der Waals surface area contributed by atoms with Crippen LogP contribution in [0.1, 0.15) is 12.8 Å². The van der Waals surface area contributed by atoms with Gasteiger partial charge in [0.2, 0.25) is 6.36 Å². The van der Waals surface area contributed by atoms with Gasteiger partial charge in [0.1, 0.15) is 0 Å². The third kappa shape index (κ3) is 3.61. The van der Waals surface area contributed by atoms with E-state index in [0.29, 0.717) is 36.8 Å². The van der Waals surface area contributed by atoms with E-state index in [1.807, 2.05) is 4.90 Å². The lowest BCUT2D eigenvalue weighted by atomic mass is 9.60. The number of methoxy groups -OCH3 is 1. The van der Waals surface area contributed by atoms with Crippen molar-refractivity contribution in [2.24, 2.45) is 10.6 Å². The quantitative estimate of drug-likeness (QED) is 0.687. The second-order valence-corrected chi connectivity index (χ2v) is 9.20. The lowest BCUT2D eigenvalue weighted by molar-refractivity contribution is -0.0271. The zero-order valence-corrected chi connectivity index (χ0v) is 16.4. The van der Waals surface area contributed by atoms with Gasteiger partial charge in [0, 0.05) is 36.0 Å². The molecule has 1 atom stereocenters. The van der Waals surface area contributed by atoms with Crippen LogP contribution in [0.4, 0.5) is 14.5 Å². The van der Waals surface area contributed by atoms with E-state index in [9.17, 15) is 17.2 Å². The number of nitrogens with two attached hydrogens (primary N) is 1. The van der Waals surface area contributed by atoms with Crippen LogP contribution in [0.15, 0.2) is 18.3 Å². The second kappa shape index (κ2) is 6.97. The van der Waals surface area contributed by atoms with Crippen LogP contribution in [0, 0.1) is 11.2 Å². The number of aliphatic hydroxyl groups is 1. The second-order valence-electron chi connectivity index (χ2n) is 7.70. The van der Waals surface area contributed by atoms with Crippen molar-refractivity contribution in [2.75, 3.05) is 31.6 Å². The van der Waals surface area contributed by atoms with Crippen LogP contribution in [-0.2, 0) is 10.2 Å². The van der Waals surface area contributed by atoms with E-state index in [1.165, 1.54) is 19.2 Å². The Bertz CT molecular complexity index is 1040. The summed E-state index contributed by atoms with van der Waals surface area (Å²) in [6.07, 6.45) is 0.285. The largest absolute Gasteiger partial charge is 0.494 e. The van der Waals surface area contributed by atoms with Crippen molar-refractivity contribution in [3.63, 3.8) is 0 Å². The fourth-order valence-electron chi connectivity index (χ4n) is 4.40. The van der Waals surface area contributed by atoms with E-state index < -0.39 is 35.0 Å². The standard InChI is InChI=1S/C17H21F2N5O4S/c1-28-15-3-13-11(2-12(15)18)14(6-21-22-13)23-8-17(9-23)4-10(5-17)24(7-16(19)25)29(20,26)27/h2-3,6,10,16,25H,4-5,7-9H2,1H3,(H2,20,26,27). The number of anilines is 1. The van der Waals surface area contributed by atoms with E-state index in [-0.39, 0.29) is 11.2 Å². The Morgan fingerprint density at radius 2 is 2.14 bits per heavy atom. The first-order valence-corrected chi connectivity index (χ1v) is 10.5. The van der Waals surface area contributed by atoms with Gasteiger partial charge < -0.3 is 14.7 Å². The Labute approximate surface area is 166 Å². The van der Waals surface area contributed by atoms with Gasteiger partial charge in [-0.1, -0.05) is 0 Å². The molecule has 4 rings (SSSR count). The summed E-state index contributed by atoms with van der Waals surface area (Å²) < 4.78 is 56.3. The maximum atomic E-state index is 14.2. The highest BCUT2D eigenvalue weighted by molar-refractivity contribution is 7.86. The highest BCUT2D eigenvalue weighted by Crippen LogP contribution is 2.52. The Kier molecular flexibility index (Phi) is 4.84. The average Bonchev–Trinajstić information content (AvgIpc) is 2.56. The van der Waals surface area contributed by atoms with Gasteiger partial charge in [-0.2, -0.15) is 22.9 Å². The molecule has 2 fully saturated rings. The number of halogens is 2. The van der Waals surface area contributed by atoms with Gasteiger partial charge in [0.15, 0.2) is 11.6 Å². The Hall–Kier alpha value is -2.15. The van der Waals surface area contributed by atoms with E-state index in [4.69, 9.17) is 15.0 Å². The molecule has 1 spiro atoms. The summed E-state index contributed by atoms with van der Waals surface area (Å²) in [6, 6.07) is 2.40. The summed E-state index contributed by atoms with van der Waals surface area (Å²) in [5.74, 6) is -0.411. The average molecular weight is 429 g/mol. The molecule has 2 heterocycles. The Balaban J connectivity index is 1.48. The summed E-state index contributed by atoms with van der Waals surface area (Å²) in [5.41, 5.74) is 1.11. The van der Waals surface area contributed by atoms with Gasteiger partial charge in [-0.05, 0) is 18.9 Å². The summed E-state index contributed by atoms with van der Waals surface area (Å²) in [5, 5.41) is 22.7. The molecule has 3 N–H and O–H groups in total. The molecular formula is C17H21F2N5O4S. The van der Waals surface area contributed by atoms with Gasteiger partial charge in [-0.15, -0.1) is 0 Å². The predicted molar refractivity (Wildman–Crippen MR) is 101 cm³/mol. The first-order valence-electron chi connectivity index (χ1n) is 8.97. The SMILES string of the molecule is COc1cc2nncc(N3CC4(CC(N(CC(O)F)S(N)(=O)=O)C4)C3)c2cc1F. The molecule has 1 unspecified atom stereocenters. The lowest BCUT2D eigenvalue weighted by Crippen LogP contribution is -2.68. The number of aromatic nitrogens is 2. The van der Waals surface area contributed by atoms with E-state index in [2.05, 4.69) is 10.2 Å². The normalized spacial score (nSPS) is 20.0. The molecule has 12 heteroatoms. The molecule has 2 aliphatic rings. The lowest BCUT2D eigenvalue weighted by Gasteiger charge is -2.61. The van der Waals surface area contributed by atoms with Crippen LogP contribution in [0.25, 0.3) is 10.9 Å². The fraction of sp³-hybridized carbons (Fsp3) is 0.529. The summed E-state index contributed by atoms with van der Waals surface area (Å²) in [7, 11) is -2.74. The van der Waals surface area contributed by atoms with E-state index in [1.54, 1.807) is 6.20 Å². The number of fused-ring (bicyclic) bond motifs is 1. The molecule has 0 radical (unpaired) electrons. The fourth-order valence-corrected chi connectivity index (χ4v) is 5.29. The molecule has 158 valence electrons. The zero-order chi connectivity index (χ0) is 21.0. The minimum atomic E-state index is -4.11. The van der Waals surface area contributed by atoms with Gasteiger partial charge in [-0.3, -0.25) is 0 Å². The number of rotatable bonds is 6. The molecule has 1 aliphatic heterocycles. The first kappa shape index (κ1) is 20.1. The van der Waals surface area contributed by atoms with Crippen molar-refractivity contribution in [1.82, 2.24) is 14.5 Å². The van der Waals surface area contributed by atoms with Gasteiger partial charge in [0.25, 0.3) is 10.2 Å². The minimum absolute atomic E-state index is 0.0870. The van der Waals surface area contributed by atoms with Crippen LogP contribution in [0.3, 0.4) is 0 Å². The molecule has 9 nitrogen and oxygen atoms in total. The molecular weight excluding hydrogens is 408 g/mol. The van der Waals surface area contributed by atoms with Crippen molar-refractivity contribution in [1.29, 1.82) is 0 Å². The maximum absolute atomic E-state index is 14.2. The molecule has 1 saturated carbocycles. The van der Waals surface area contributed by atoms with Crippen LogP contribution in [-0.4, -0.2) is 67.2 Å². The van der Waals surface area contributed by atoms with Crippen molar-refractivity contribution in [3.05, 3.63) is 24.1 Å². The third-order valence-electron chi connectivity index (χ3n) is 5.69. The molecule has 1 aromatic carbocycles. The number of ether oxygens (including phenoxy) is 1. The van der Waals surface area contributed by atoms with Crippen LogP contribution in [0.2, 0.25) is 0 Å². The summed E-state index contributed by atoms with van der Waals surface area (Å²) in [4.78, 5) is 2.02. The first-order chi connectivity index (χ1) is 13.6. The smallest absolute Gasteiger partial charge is 0.277 e. The number of hydrogen-bond donors (Lipinski definition) is 2. The van der Waals surface area contributed by atoms with Gasteiger partial charge >= 0.3 is 0 Å². The minimum Gasteiger partial charge on any atom is -0.494 e.